The maximum Gasteiger partial charge on any atom is 0.341 e. The maximum absolute atomic E-state index is 13.2. The van der Waals surface area contributed by atoms with Crippen LogP contribution in [0.3, 0.4) is 0 Å². The van der Waals surface area contributed by atoms with Crippen molar-refractivity contribution in [2.24, 2.45) is 16.7 Å². The zero-order chi connectivity index (χ0) is 19.4. The standard InChI is InChI=1S/C22H22O5/c1-21(2)14-10-11-22(12-14,19(21)24)20(25)27-17-15-7-5-4-6-13(15)8-9-16(17)18(23)26-3/h4-9,14H,10-12H2,1-3H3. The molecule has 5 nitrogen and oxygen atoms in total. The first-order valence-corrected chi connectivity index (χ1v) is 9.18. The van der Waals surface area contributed by atoms with Crippen LogP contribution < -0.4 is 4.74 Å². The molecule has 2 bridgehead atoms. The molecule has 0 saturated heterocycles. The molecular weight excluding hydrogens is 344 g/mol. The second-order valence-electron chi connectivity index (χ2n) is 8.12. The van der Waals surface area contributed by atoms with Crippen molar-refractivity contribution < 1.29 is 23.9 Å². The van der Waals surface area contributed by atoms with Gasteiger partial charge in [0.2, 0.25) is 0 Å². The van der Waals surface area contributed by atoms with Crippen LogP contribution in [0.25, 0.3) is 10.8 Å². The van der Waals surface area contributed by atoms with Crippen LogP contribution in [-0.4, -0.2) is 24.8 Å². The Morgan fingerprint density at radius 3 is 2.52 bits per heavy atom. The van der Waals surface area contributed by atoms with Gasteiger partial charge in [0.25, 0.3) is 0 Å². The summed E-state index contributed by atoms with van der Waals surface area (Å²) in [6, 6.07) is 10.7. The lowest BCUT2D eigenvalue weighted by Crippen LogP contribution is -2.44. The van der Waals surface area contributed by atoms with Crippen molar-refractivity contribution in [2.45, 2.75) is 33.1 Å². The van der Waals surface area contributed by atoms with E-state index >= 15 is 0 Å². The van der Waals surface area contributed by atoms with E-state index in [0.717, 1.165) is 11.8 Å². The van der Waals surface area contributed by atoms with E-state index in [4.69, 9.17) is 9.47 Å². The van der Waals surface area contributed by atoms with Crippen LogP contribution in [-0.2, 0) is 14.3 Å². The smallest absolute Gasteiger partial charge is 0.341 e. The second kappa shape index (κ2) is 5.91. The van der Waals surface area contributed by atoms with Gasteiger partial charge in [0.1, 0.15) is 11.0 Å². The zero-order valence-corrected chi connectivity index (χ0v) is 15.7. The van der Waals surface area contributed by atoms with Gasteiger partial charge in [-0.3, -0.25) is 9.59 Å². The van der Waals surface area contributed by atoms with Gasteiger partial charge in [0, 0.05) is 10.8 Å². The molecule has 0 radical (unpaired) electrons. The molecule has 0 heterocycles. The molecule has 5 heteroatoms. The Kier molecular flexibility index (Phi) is 3.88. The molecule has 2 aromatic rings. The molecule has 0 N–H and O–H groups in total. The topological polar surface area (TPSA) is 69.7 Å². The van der Waals surface area contributed by atoms with Crippen LogP contribution in [0.15, 0.2) is 36.4 Å². The summed E-state index contributed by atoms with van der Waals surface area (Å²) < 4.78 is 10.6. The van der Waals surface area contributed by atoms with Gasteiger partial charge in [-0.2, -0.15) is 0 Å². The monoisotopic (exact) mass is 366 g/mol. The Bertz CT molecular complexity index is 974. The Hall–Kier alpha value is -2.69. The first kappa shape index (κ1) is 17.7. The quantitative estimate of drug-likeness (QED) is 0.468. The number of esters is 2. The van der Waals surface area contributed by atoms with Crippen molar-refractivity contribution >= 4 is 28.5 Å². The first-order valence-electron chi connectivity index (χ1n) is 9.18. The predicted octanol–water partition coefficient (Wildman–Crippen LogP) is 3.93. The Morgan fingerprint density at radius 1 is 1.11 bits per heavy atom. The van der Waals surface area contributed by atoms with E-state index < -0.39 is 22.8 Å². The molecule has 4 rings (SSSR count). The SMILES string of the molecule is COC(=O)c1ccc2ccccc2c1OC(=O)C12CCC(C1)C(C)(C)C2=O. The highest BCUT2D eigenvalue weighted by Gasteiger charge is 2.66. The highest BCUT2D eigenvalue weighted by atomic mass is 16.5. The molecule has 2 aliphatic carbocycles. The van der Waals surface area contributed by atoms with E-state index in [2.05, 4.69) is 0 Å². The summed E-state index contributed by atoms with van der Waals surface area (Å²) in [6.07, 6.45) is 1.88. The number of carbonyl (C=O) groups is 3. The molecule has 2 aliphatic rings. The average Bonchev–Trinajstić information content (AvgIpc) is 3.20. The van der Waals surface area contributed by atoms with Crippen LogP contribution in [0, 0.1) is 16.7 Å². The third-order valence-electron chi connectivity index (χ3n) is 6.43. The van der Waals surface area contributed by atoms with Crippen LogP contribution >= 0.6 is 0 Å². The molecule has 2 atom stereocenters. The molecule has 27 heavy (non-hydrogen) atoms. The fourth-order valence-corrected chi connectivity index (χ4v) is 4.76. The minimum Gasteiger partial charge on any atom is -0.465 e. The van der Waals surface area contributed by atoms with Gasteiger partial charge in [-0.05, 0) is 36.6 Å². The lowest BCUT2D eigenvalue weighted by Gasteiger charge is -2.32. The first-order chi connectivity index (χ1) is 12.8. The number of ketones is 1. The number of hydrogen-bond donors (Lipinski definition) is 0. The average molecular weight is 366 g/mol. The van der Waals surface area contributed by atoms with E-state index in [-0.39, 0.29) is 23.0 Å². The Labute approximate surface area is 157 Å². The normalized spacial score (nSPS) is 25.6. The molecule has 2 unspecified atom stereocenters. The van der Waals surface area contributed by atoms with E-state index in [9.17, 15) is 14.4 Å². The van der Waals surface area contributed by atoms with Crippen molar-refractivity contribution in [1.29, 1.82) is 0 Å². The number of ether oxygens (including phenoxy) is 2. The molecule has 0 aromatic heterocycles. The molecule has 0 spiro atoms. The molecule has 0 amide bonds. The second-order valence-corrected chi connectivity index (χ2v) is 8.12. The number of methoxy groups -OCH3 is 1. The van der Waals surface area contributed by atoms with E-state index in [1.54, 1.807) is 18.2 Å². The number of benzene rings is 2. The summed E-state index contributed by atoms with van der Waals surface area (Å²) in [6.45, 7) is 3.82. The van der Waals surface area contributed by atoms with Gasteiger partial charge >= 0.3 is 11.9 Å². The molecule has 2 fully saturated rings. The van der Waals surface area contributed by atoms with Gasteiger partial charge in [0.15, 0.2) is 11.5 Å². The summed E-state index contributed by atoms with van der Waals surface area (Å²) in [4.78, 5) is 38.4. The summed E-state index contributed by atoms with van der Waals surface area (Å²) in [5.74, 6) is -0.813. The maximum atomic E-state index is 13.2. The minimum absolute atomic E-state index is 0.0453. The third-order valence-corrected chi connectivity index (χ3v) is 6.43. The number of rotatable bonds is 3. The van der Waals surface area contributed by atoms with E-state index in [0.29, 0.717) is 18.2 Å². The summed E-state index contributed by atoms with van der Waals surface area (Å²) in [7, 11) is 1.28. The largest absolute Gasteiger partial charge is 0.465 e. The van der Waals surface area contributed by atoms with Crippen molar-refractivity contribution in [3.63, 3.8) is 0 Å². The number of carbonyl (C=O) groups excluding carboxylic acids is 3. The predicted molar refractivity (Wildman–Crippen MR) is 99.5 cm³/mol. The Morgan fingerprint density at radius 2 is 1.85 bits per heavy atom. The highest BCUT2D eigenvalue weighted by molar-refractivity contribution is 6.11. The number of fused-ring (bicyclic) bond motifs is 3. The van der Waals surface area contributed by atoms with Crippen LogP contribution in [0.4, 0.5) is 0 Å². The third kappa shape index (κ3) is 2.41. The van der Waals surface area contributed by atoms with Crippen molar-refractivity contribution in [3.8, 4) is 5.75 Å². The number of Topliss-reactive ketones (excluding diaryl/α,β-unsaturated/α-hetero) is 1. The Balaban J connectivity index is 1.79. The van der Waals surface area contributed by atoms with Crippen LogP contribution in [0.2, 0.25) is 0 Å². The lowest BCUT2D eigenvalue weighted by molar-refractivity contribution is -0.153. The molecule has 0 aliphatic heterocycles. The fourth-order valence-electron chi connectivity index (χ4n) is 4.76. The molecule has 2 aromatic carbocycles. The number of hydrogen-bond acceptors (Lipinski definition) is 5. The van der Waals surface area contributed by atoms with Crippen LogP contribution in [0.5, 0.6) is 5.75 Å². The summed E-state index contributed by atoms with van der Waals surface area (Å²) >= 11 is 0. The fraction of sp³-hybridized carbons (Fsp3) is 0.409. The van der Waals surface area contributed by atoms with Gasteiger partial charge in [0.05, 0.1) is 7.11 Å². The van der Waals surface area contributed by atoms with Crippen molar-refractivity contribution in [1.82, 2.24) is 0 Å². The minimum atomic E-state index is -1.10. The molecule has 140 valence electrons. The zero-order valence-electron chi connectivity index (χ0n) is 15.7. The van der Waals surface area contributed by atoms with Gasteiger partial charge < -0.3 is 9.47 Å². The lowest BCUT2D eigenvalue weighted by atomic mass is 9.71. The van der Waals surface area contributed by atoms with Crippen LogP contribution in [0.1, 0.15) is 43.5 Å². The highest BCUT2D eigenvalue weighted by Crippen LogP contribution is 2.60. The molecule has 2 saturated carbocycles. The summed E-state index contributed by atoms with van der Waals surface area (Å²) in [5, 5.41) is 1.48. The van der Waals surface area contributed by atoms with E-state index in [1.807, 2.05) is 32.0 Å². The van der Waals surface area contributed by atoms with Gasteiger partial charge in [-0.25, -0.2) is 4.79 Å². The summed E-state index contributed by atoms with van der Waals surface area (Å²) in [5.41, 5.74) is -1.43. The van der Waals surface area contributed by atoms with Gasteiger partial charge in [-0.15, -0.1) is 0 Å². The van der Waals surface area contributed by atoms with Crippen molar-refractivity contribution in [3.05, 3.63) is 42.0 Å². The van der Waals surface area contributed by atoms with Crippen molar-refractivity contribution in [2.75, 3.05) is 7.11 Å². The molecular formula is C22H22O5. The van der Waals surface area contributed by atoms with Gasteiger partial charge in [-0.1, -0.05) is 44.2 Å². The van der Waals surface area contributed by atoms with E-state index in [1.165, 1.54) is 7.11 Å².